The van der Waals surface area contributed by atoms with Crippen molar-refractivity contribution in [2.45, 2.75) is 32.4 Å². The summed E-state index contributed by atoms with van der Waals surface area (Å²) >= 11 is 3.56. The smallest absolute Gasteiger partial charge is 0.0458 e. The monoisotopic (exact) mass is 335 g/mol. The molecule has 0 saturated carbocycles. The lowest BCUT2D eigenvalue weighted by Gasteiger charge is -2.37. The summed E-state index contributed by atoms with van der Waals surface area (Å²) in [5.41, 5.74) is 8.54. The Bertz CT molecular complexity index is 592. The van der Waals surface area contributed by atoms with Crippen molar-refractivity contribution in [1.29, 1.82) is 0 Å². The summed E-state index contributed by atoms with van der Waals surface area (Å²) in [6.07, 6.45) is 4.65. The number of piperidine rings is 1. The zero-order valence-corrected chi connectivity index (χ0v) is 13.5. The summed E-state index contributed by atoms with van der Waals surface area (Å²) in [5.74, 6) is 0.803. The van der Waals surface area contributed by atoms with Crippen molar-refractivity contribution in [2.75, 3.05) is 13.1 Å². The van der Waals surface area contributed by atoms with Gasteiger partial charge in [-0.3, -0.25) is 4.90 Å². The molecule has 0 aliphatic carbocycles. The second-order valence-electron chi connectivity index (χ2n) is 5.99. The van der Waals surface area contributed by atoms with Gasteiger partial charge in [-0.15, -0.1) is 0 Å². The van der Waals surface area contributed by atoms with Gasteiger partial charge in [0.05, 0.1) is 0 Å². The van der Waals surface area contributed by atoms with Crippen LogP contribution in [0.4, 0.5) is 0 Å². The molecule has 1 fully saturated rings. The van der Waals surface area contributed by atoms with Crippen molar-refractivity contribution in [1.82, 2.24) is 9.88 Å². The molecule has 0 bridgehead atoms. The van der Waals surface area contributed by atoms with E-state index in [1.54, 1.807) is 0 Å². The molecule has 1 aromatic carbocycles. The van der Waals surface area contributed by atoms with Crippen molar-refractivity contribution in [3.63, 3.8) is 0 Å². The van der Waals surface area contributed by atoms with Gasteiger partial charge in [0.1, 0.15) is 0 Å². The van der Waals surface area contributed by atoms with Crippen LogP contribution in [0.3, 0.4) is 0 Å². The molecular weight excluding hydrogens is 314 g/mol. The molecule has 108 valence electrons. The number of rotatable bonds is 3. The minimum absolute atomic E-state index is 0.524. The number of halogens is 1. The van der Waals surface area contributed by atoms with Crippen LogP contribution < -0.4 is 5.73 Å². The van der Waals surface area contributed by atoms with Crippen LogP contribution in [0.2, 0.25) is 0 Å². The molecule has 20 heavy (non-hydrogen) atoms. The van der Waals surface area contributed by atoms with E-state index in [4.69, 9.17) is 5.73 Å². The molecule has 3 N–H and O–H groups in total. The first kappa shape index (κ1) is 14.1. The number of aromatic nitrogens is 1. The summed E-state index contributed by atoms with van der Waals surface area (Å²) in [4.78, 5) is 5.91. The first-order chi connectivity index (χ1) is 9.67. The minimum Gasteiger partial charge on any atom is -0.361 e. The largest absolute Gasteiger partial charge is 0.361 e. The highest BCUT2D eigenvalue weighted by atomic mass is 79.9. The van der Waals surface area contributed by atoms with E-state index in [2.05, 4.69) is 57.1 Å². The van der Waals surface area contributed by atoms with Crippen LogP contribution in [0.1, 0.15) is 25.3 Å². The summed E-state index contributed by atoms with van der Waals surface area (Å²) in [7, 11) is 0. The van der Waals surface area contributed by atoms with Crippen LogP contribution in [-0.2, 0) is 6.54 Å². The molecule has 2 atom stereocenters. The van der Waals surface area contributed by atoms with E-state index in [0.29, 0.717) is 6.04 Å². The maximum absolute atomic E-state index is 5.96. The lowest BCUT2D eigenvalue weighted by molar-refractivity contribution is 0.115. The Morgan fingerprint density at radius 3 is 3.10 bits per heavy atom. The third-order valence-corrected chi connectivity index (χ3v) is 4.97. The first-order valence-electron chi connectivity index (χ1n) is 7.37. The molecule has 1 aromatic heterocycles. The minimum atomic E-state index is 0.524. The van der Waals surface area contributed by atoms with E-state index in [1.165, 1.54) is 29.3 Å². The molecule has 1 aliphatic rings. The number of benzene rings is 1. The first-order valence-corrected chi connectivity index (χ1v) is 8.16. The number of nitrogens with one attached hydrogen (secondary N) is 1. The Morgan fingerprint density at radius 2 is 2.30 bits per heavy atom. The van der Waals surface area contributed by atoms with Crippen LogP contribution in [0.5, 0.6) is 0 Å². The molecular formula is C16H22BrN3. The number of likely N-dealkylation sites (tertiary alicyclic amines) is 1. The highest BCUT2D eigenvalue weighted by Crippen LogP contribution is 2.27. The number of nitrogens with zero attached hydrogens (tertiary/aromatic N) is 1. The maximum Gasteiger partial charge on any atom is 0.0458 e. The van der Waals surface area contributed by atoms with E-state index < -0.39 is 0 Å². The molecule has 0 radical (unpaired) electrons. The molecule has 2 aromatic rings. The normalized spacial score (nSPS) is 24.4. The standard InChI is InChI=1S/C16H22BrN3/c1-11-4-5-20(14(6-11)8-18)10-12-9-19-16-3-2-13(17)7-15(12)16/h2-3,7,9,11,14,19H,4-6,8,10,18H2,1H3. The molecule has 2 unspecified atom stereocenters. The average Bonchev–Trinajstić information content (AvgIpc) is 2.83. The van der Waals surface area contributed by atoms with E-state index >= 15 is 0 Å². The Kier molecular flexibility index (Phi) is 4.15. The Balaban J connectivity index is 1.83. The van der Waals surface area contributed by atoms with Crippen LogP contribution >= 0.6 is 15.9 Å². The molecule has 3 rings (SSSR count). The topological polar surface area (TPSA) is 45.0 Å². The summed E-state index contributed by atoms with van der Waals surface area (Å²) < 4.78 is 1.13. The number of fused-ring (bicyclic) bond motifs is 1. The van der Waals surface area contributed by atoms with Crippen molar-refractivity contribution in [2.24, 2.45) is 11.7 Å². The molecule has 0 spiro atoms. The van der Waals surface area contributed by atoms with Gasteiger partial charge >= 0.3 is 0 Å². The number of aromatic amines is 1. The van der Waals surface area contributed by atoms with Gasteiger partial charge in [0.15, 0.2) is 0 Å². The SMILES string of the molecule is CC1CCN(Cc2c[nH]c3ccc(Br)cc23)C(CN)C1. The average molecular weight is 336 g/mol. The maximum atomic E-state index is 5.96. The van der Waals surface area contributed by atoms with E-state index in [1.807, 2.05) is 0 Å². The zero-order chi connectivity index (χ0) is 14.1. The number of H-pyrrole nitrogens is 1. The van der Waals surface area contributed by atoms with Crippen molar-refractivity contribution in [3.05, 3.63) is 34.4 Å². The van der Waals surface area contributed by atoms with E-state index in [-0.39, 0.29) is 0 Å². The fraction of sp³-hybridized carbons (Fsp3) is 0.500. The molecule has 1 aliphatic heterocycles. The zero-order valence-electron chi connectivity index (χ0n) is 11.9. The summed E-state index contributed by atoms with van der Waals surface area (Å²) in [5, 5.41) is 1.31. The van der Waals surface area contributed by atoms with Crippen molar-refractivity contribution in [3.8, 4) is 0 Å². The highest BCUT2D eigenvalue weighted by Gasteiger charge is 2.25. The highest BCUT2D eigenvalue weighted by molar-refractivity contribution is 9.10. The van der Waals surface area contributed by atoms with Crippen LogP contribution in [0.25, 0.3) is 10.9 Å². The van der Waals surface area contributed by atoms with Gasteiger partial charge in [-0.2, -0.15) is 0 Å². The number of hydrogen-bond donors (Lipinski definition) is 2. The predicted octanol–water partition coefficient (Wildman–Crippen LogP) is 3.49. The second-order valence-corrected chi connectivity index (χ2v) is 6.91. The van der Waals surface area contributed by atoms with Crippen molar-refractivity contribution >= 4 is 26.8 Å². The molecule has 0 amide bonds. The fourth-order valence-electron chi connectivity index (χ4n) is 3.25. The molecule has 2 heterocycles. The van der Waals surface area contributed by atoms with Crippen LogP contribution in [-0.4, -0.2) is 29.0 Å². The lowest BCUT2D eigenvalue weighted by Crippen LogP contribution is -2.45. The lowest BCUT2D eigenvalue weighted by atomic mass is 9.92. The quantitative estimate of drug-likeness (QED) is 0.901. The third kappa shape index (κ3) is 2.78. The van der Waals surface area contributed by atoms with Gasteiger partial charge in [-0.25, -0.2) is 0 Å². The van der Waals surface area contributed by atoms with Crippen LogP contribution in [0.15, 0.2) is 28.9 Å². The fourth-order valence-corrected chi connectivity index (χ4v) is 3.61. The van der Waals surface area contributed by atoms with E-state index in [0.717, 1.165) is 30.0 Å². The van der Waals surface area contributed by atoms with E-state index in [9.17, 15) is 0 Å². The van der Waals surface area contributed by atoms with Gasteiger partial charge in [-0.05, 0) is 49.1 Å². The van der Waals surface area contributed by atoms with Gasteiger partial charge in [0.25, 0.3) is 0 Å². The third-order valence-electron chi connectivity index (χ3n) is 4.47. The van der Waals surface area contributed by atoms with Crippen molar-refractivity contribution < 1.29 is 0 Å². The second kappa shape index (κ2) is 5.88. The molecule has 4 heteroatoms. The Labute approximate surface area is 128 Å². The molecule has 3 nitrogen and oxygen atoms in total. The summed E-state index contributed by atoms with van der Waals surface area (Å²) in [6, 6.07) is 6.93. The number of hydrogen-bond acceptors (Lipinski definition) is 2. The molecule has 1 saturated heterocycles. The Morgan fingerprint density at radius 1 is 1.45 bits per heavy atom. The summed E-state index contributed by atoms with van der Waals surface area (Å²) in [6.45, 7) is 5.24. The van der Waals surface area contributed by atoms with Gasteiger partial charge in [-0.1, -0.05) is 22.9 Å². The Hall–Kier alpha value is -0.840. The van der Waals surface area contributed by atoms with Gasteiger partial charge in [0, 0.05) is 40.7 Å². The predicted molar refractivity (Wildman–Crippen MR) is 87.6 cm³/mol. The van der Waals surface area contributed by atoms with Gasteiger partial charge < -0.3 is 10.7 Å². The number of nitrogens with two attached hydrogens (primary N) is 1. The van der Waals surface area contributed by atoms with Crippen LogP contribution in [0, 0.1) is 5.92 Å². The van der Waals surface area contributed by atoms with Gasteiger partial charge in [0.2, 0.25) is 0 Å².